The molecule has 5 heteroatoms. The molecule has 0 aromatic heterocycles. The maximum absolute atomic E-state index is 6.43. The molecule has 0 spiro atoms. The number of hydrogen-bond acceptors (Lipinski definition) is 4. The van der Waals surface area contributed by atoms with E-state index in [0.29, 0.717) is 13.2 Å². The van der Waals surface area contributed by atoms with E-state index in [-0.39, 0.29) is 6.04 Å². The van der Waals surface area contributed by atoms with Crippen LogP contribution in [0.3, 0.4) is 0 Å². The van der Waals surface area contributed by atoms with Gasteiger partial charge in [0.05, 0.1) is 12.6 Å². The fourth-order valence-corrected chi connectivity index (χ4v) is 3.60. The van der Waals surface area contributed by atoms with Crippen LogP contribution in [-0.4, -0.2) is 45.3 Å². The molecular formula is C22H29ClN2O2. The van der Waals surface area contributed by atoms with Gasteiger partial charge in [-0.3, -0.25) is 0 Å². The van der Waals surface area contributed by atoms with Gasteiger partial charge in [-0.1, -0.05) is 17.7 Å². The summed E-state index contributed by atoms with van der Waals surface area (Å²) in [6.07, 6.45) is 0.986. The van der Waals surface area contributed by atoms with Crippen LogP contribution in [-0.2, 0) is 6.42 Å². The van der Waals surface area contributed by atoms with Gasteiger partial charge in [-0.25, -0.2) is 0 Å². The third-order valence-electron chi connectivity index (χ3n) is 4.88. The Bertz CT molecular complexity index is 792. The second kappa shape index (κ2) is 8.96. The highest BCUT2D eigenvalue weighted by atomic mass is 35.5. The van der Waals surface area contributed by atoms with Crippen LogP contribution >= 0.6 is 11.6 Å². The predicted octanol–water partition coefficient (Wildman–Crippen LogP) is 4.22. The van der Waals surface area contributed by atoms with Gasteiger partial charge < -0.3 is 19.7 Å². The van der Waals surface area contributed by atoms with Crippen LogP contribution in [0.1, 0.15) is 35.2 Å². The number of hydrogen-bond donors (Lipinski definition) is 1. The van der Waals surface area contributed by atoms with Crippen molar-refractivity contribution in [3.8, 4) is 11.5 Å². The predicted molar refractivity (Wildman–Crippen MR) is 111 cm³/mol. The molecule has 1 aliphatic rings. The lowest BCUT2D eigenvalue weighted by molar-refractivity contribution is 0.261. The molecule has 1 atom stereocenters. The van der Waals surface area contributed by atoms with E-state index >= 15 is 0 Å². The highest BCUT2D eigenvalue weighted by Gasteiger charge is 2.25. The van der Waals surface area contributed by atoms with E-state index < -0.39 is 0 Å². The first-order valence-electron chi connectivity index (χ1n) is 9.56. The highest BCUT2D eigenvalue weighted by Crippen LogP contribution is 2.38. The van der Waals surface area contributed by atoms with Gasteiger partial charge in [0.15, 0.2) is 0 Å². The summed E-state index contributed by atoms with van der Waals surface area (Å²) in [4.78, 5) is 2.12. The first-order valence-corrected chi connectivity index (χ1v) is 9.94. The van der Waals surface area contributed by atoms with Crippen molar-refractivity contribution in [2.75, 3.05) is 40.4 Å². The van der Waals surface area contributed by atoms with Crippen LogP contribution in [0.25, 0.3) is 0 Å². The zero-order valence-electron chi connectivity index (χ0n) is 16.6. The van der Waals surface area contributed by atoms with Gasteiger partial charge in [0.25, 0.3) is 0 Å². The Balaban J connectivity index is 1.89. The molecule has 4 nitrogen and oxygen atoms in total. The van der Waals surface area contributed by atoms with Crippen LogP contribution in [0.5, 0.6) is 11.5 Å². The molecule has 27 heavy (non-hydrogen) atoms. The summed E-state index contributed by atoms with van der Waals surface area (Å²) < 4.78 is 11.8. The lowest BCUT2D eigenvalue weighted by Gasteiger charge is -2.29. The largest absolute Gasteiger partial charge is 0.494 e. The Morgan fingerprint density at radius 3 is 2.70 bits per heavy atom. The lowest BCUT2D eigenvalue weighted by atomic mass is 9.89. The van der Waals surface area contributed by atoms with E-state index in [2.05, 4.69) is 42.5 Å². The molecule has 0 radical (unpaired) electrons. The average molecular weight is 389 g/mol. The Kier molecular flexibility index (Phi) is 6.64. The second-order valence-electron chi connectivity index (χ2n) is 7.22. The quantitative estimate of drug-likeness (QED) is 0.769. The smallest absolute Gasteiger partial charge is 0.124 e. The van der Waals surface area contributed by atoms with E-state index in [1.54, 1.807) is 0 Å². The molecule has 0 amide bonds. The minimum absolute atomic E-state index is 0.0734. The number of benzene rings is 2. The van der Waals surface area contributed by atoms with Gasteiger partial charge in [-0.2, -0.15) is 0 Å². The fraction of sp³-hybridized carbons (Fsp3) is 0.455. The van der Waals surface area contributed by atoms with E-state index in [1.165, 1.54) is 11.1 Å². The molecule has 2 aromatic carbocycles. The summed E-state index contributed by atoms with van der Waals surface area (Å²) in [6, 6.07) is 10.6. The summed E-state index contributed by atoms with van der Waals surface area (Å²) in [6.45, 7) is 7.15. The zero-order valence-corrected chi connectivity index (χ0v) is 17.4. The SMILES string of the molecule is CCOc1cc(C)c(Cl)cc1C1NCCc2cc(OCCN(C)C)ccc21. The normalized spacial score (nSPS) is 16.3. The minimum Gasteiger partial charge on any atom is -0.494 e. The van der Waals surface area contributed by atoms with E-state index in [9.17, 15) is 0 Å². The van der Waals surface area contributed by atoms with Gasteiger partial charge in [-0.05, 0) is 75.3 Å². The molecule has 1 aliphatic heterocycles. The molecule has 1 N–H and O–H groups in total. The molecule has 0 saturated carbocycles. The van der Waals surface area contributed by atoms with Crippen molar-refractivity contribution >= 4 is 11.6 Å². The number of fused-ring (bicyclic) bond motifs is 1. The number of rotatable bonds is 7. The van der Waals surface area contributed by atoms with Crippen LogP contribution in [0.4, 0.5) is 0 Å². The van der Waals surface area contributed by atoms with Crippen molar-refractivity contribution in [3.63, 3.8) is 0 Å². The second-order valence-corrected chi connectivity index (χ2v) is 7.63. The van der Waals surface area contributed by atoms with Crippen molar-refractivity contribution in [2.24, 2.45) is 0 Å². The number of nitrogens with zero attached hydrogens (tertiary/aromatic N) is 1. The van der Waals surface area contributed by atoms with Crippen molar-refractivity contribution in [1.82, 2.24) is 10.2 Å². The molecule has 146 valence electrons. The third-order valence-corrected chi connectivity index (χ3v) is 5.28. The Morgan fingerprint density at radius 2 is 1.96 bits per heavy atom. The number of halogens is 1. The summed E-state index contributed by atoms with van der Waals surface area (Å²) in [5.41, 5.74) is 4.71. The first kappa shape index (κ1) is 20.0. The van der Waals surface area contributed by atoms with Crippen molar-refractivity contribution in [1.29, 1.82) is 0 Å². The monoisotopic (exact) mass is 388 g/mol. The van der Waals surface area contributed by atoms with E-state index in [0.717, 1.165) is 47.2 Å². The first-order chi connectivity index (χ1) is 13.0. The van der Waals surface area contributed by atoms with Crippen LogP contribution < -0.4 is 14.8 Å². The number of likely N-dealkylation sites (N-methyl/N-ethyl adjacent to an activating group) is 1. The molecule has 0 aliphatic carbocycles. The lowest BCUT2D eigenvalue weighted by Crippen LogP contribution is -2.31. The van der Waals surface area contributed by atoms with Gasteiger partial charge in [-0.15, -0.1) is 0 Å². The van der Waals surface area contributed by atoms with Crippen molar-refractivity contribution < 1.29 is 9.47 Å². The standard InChI is InChI=1S/C22H29ClN2O2/c1-5-26-21-12-15(2)20(23)14-19(21)22-18-7-6-17(27-11-10-25(3)4)13-16(18)8-9-24-22/h6-7,12-14,22,24H,5,8-11H2,1-4H3. The maximum atomic E-state index is 6.43. The zero-order chi connectivity index (χ0) is 19.4. The van der Waals surface area contributed by atoms with Gasteiger partial charge in [0, 0.05) is 23.7 Å². The summed E-state index contributed by atoms with van der Waals surface area (Å²) >= 11 is 6.43. The number of aryl methyl sites for hydroxylation is 1. The molecule has 3 rings (SSSR count). The fourth-order valence-electron chi connectivity index (χ4n) is 3.43. The molecule has 0 fully saturated rings. The third kappa shape index (κ3) is 4.75. The van der Waals surface area contributed by atoms with Crippen LogP contribution in [0.2, 0.25) is 5.02 Å². The van der Waals surface area contributed by atoms with Gasteiger partial charge in [0.1, 0.15) is 18.1 Å². The molecule has 0 saturated heterocycles. The summed E-state index contributed by atoms with van der Waals surface area (Å²) in [5, 5.41) is 4.40. The minimum atomic E-state index is 0.0734. The maximum Gasteiger partial charge on any atom is 0.124 e. The number of nitrogens with one attached hydrogen (secondary N) is 1. The molecule has 1 heterocycles. The molecular weight excluding hydrogens is 360 g/mol. The Labute approximate surface area is 167 Å². The number of ether oxygens (including phenoxy) is 2. The van der Waals surface area contributed by atoms with E-state index in [4.69, 9.17) is 21.1 Å². The van der Waals surface area contributed by atoms with Crippen molar-refractivity contribution in [2.45, 2.75) is 26.3 Å². The Hall–Kier alpha value is -1.75. The summed E-state index contributed by atoms with van der Waals surface area (Å²) in [5.74, 6) is 1.83. The topological polar surface area (TPSA) is 33.7 Å². The Morgan fingerprint density at radius 1 is 1.15 bits per heavy atom. The van der Waals surface area contributed by atoms with E-state index in [1.807, 2.05) is 26.0 Å². The average Bonchev–Trinajstić information content (AvgIpc) is 2.64. The van der Waals surface area contributed by atoms with Crippen LogP contribution in [0.15, 0.2) is 30.3 Å². The van der Waals surface area contributed by atoms with Gasteiger partial charge >= 0.3 is 0 Å². The molecule has 0 bridgehead atoms. The summed E-state index contributed by atoms with van der Waals surface area (Å²) in [7, 11) is 4.10. The molecule has 2 aromatic rings. The van der Waals surface area contributed by atoms with Gasteiger partial charge in [0.2, 0.25) is 0 Å². The van der Waals surface area contributed by atoms with Crippen LogP contribution in [0, 0.1) is 6.92 Å². The molecule has 1 unspecified atom stereocenters. The highest BCUT2D eigenvalue weighted by molar-refractivity contribution is 6.31. The van der Waals surface area contributed by atoms with Crippen molar-refractivity contribution in [3.05, 3.63) is 57.6 Å².